The Hall–Kier alpha value is -3.84. The van der Waals surface area contributed by atoms with Gasteiger partial charge in [-0.1, -0.05) is 103 Å². The molecule has 3 N–H and O–H groups in total. The van der Waals surface area contributed by atoms with E-state index in [1.165, 1.54) is 12.8 Å². The number of hydrogen-bond acceptors (Lipinski definition) is 13. The van der Waals surface area contributed by atoms with Crippen LogP contribution in [0.4, 0.5) is 6.01 Å². The van der Waals surface area contributed by atoms with Crippen LogP contribution in [0.2, 0.25) is 0 Å². The standard InChI is InChI=1S/C5H9N3O.C5H8N2O2.2C5H8N2O.5CH4/c1-3(2)4-7-8-5(6)9-4;1-3(2)4-6-7-5(8)9-4;1-4(2)5-7-6-3-8-5;1-4(2)5-6-3-8-7-5;;;;;/h3H,1-2H3,(H2,6,8);3H,1-2H3,(H,7,8);2*3-4H,1-2H3;5*1H4. The van der Waals surface area contributed by atoms with Crippen LogP contribution in [0.15, 0.2) is 35.4 Å². The normalized spacial score (nSPS) is 9.13. The number of aromatic amines is 1. The summed E-state index contributed by atoms with van der Waals surface area (Å²) in [5.41, 5.74) is 5.18. The summed E-state index contributed by atoms with van der Waals surface area (Å²) in [6.45, 7) is 15.8. The molecule has 4 aromatic heterocycles. The lowest BCUT2D eigenvalue weighted by molar-refractivity contribution is 0.407. The Morgan fingerprint density at radius 2 is 1.28 bits per heavy atom. The van der Waals surface area contributed by atoms with Gasteiger partial charge in [-0.2, -0.15) is 4.98 Å². The van der Waals surface area contributed by atoms with Crippen molar-refractivity contribution in [2.75, 3.05) is 5.73 Å². The summed E-state index contributed by atoms with van der Waals surface area (Å²) in [7, 11) is 0. The number of aromatic nitrogens is 8. The van der Waals surface area contributed by atoms with Crippen molar-refractivity contribution in [3.8, 4) is 0 Å². The lowest BCUT2D eigenvalue weighted by Gasteiger charge is -1.91. The molecule has 0 saturated carbocycles. The Labute approximate surface area is 233 Å². The van der Waals surface area contributed by atoms with Gasteiger partial charge in [0, 0.05) is 23.7 Å². The third-order valence-corrected chi connectivity index (χ3v) is 3.66. The summed E-state index contributed by atoms with van der Waals surface area (Å²) in [6, 6.07) is 0.138. The summed E-state index contributed by atoms with van der Waals surface area (Å²) >= 11 is 0. The van der Waals surface area contributed by atoms with Crippen molar-refractivity contribution in [3.05, 3.63) is 46.8 Å². The molecule has 0 saturated heterocycles. The van der Waals surface area contributed by atoms with E-state index in [1.807, 2.05) is 55.4 Å². The summed E-state index contributed by atoms with van der Waals surface area (Å²) in [4.78, 5) is 14.1. The van der Waals surface area contributed by atoms with Crippen molar-refractivity contribution in [2.24, 2.45) is 0 Å². The molecule has 14 heteroatoms. The Kier molecular flexibility index (Phi) is 26.9. The second-order valence-corrected chi connectivity index (χ2v) is 8.12. The highest BCUT2D eigenvalue weighted by Gasteiger charge is 2.06. The number of nitrogen functional groups attached to an aromatic ring is 1. The first kappa shape index (κ1) is 45.1. The van der Waals surface area contributed by atoms with Crippen LogP contribution >= 0.6 is 0 Å². The van der Waals surface area contributed by atoms with Crippen LogP contribution in [0.1, 0.15) is 140 Å². The Bertz CT molecular complexity index is 1030. The van der Waals surface area contributed by atoms with E-state index in [0.717, 1.165) is 5.82 Å². The van der Waals surface area contributed by atoms with Gasteiger partial charge in [-0.3, -0.25) is 0 Å². The summed E-state index contributed by atoms with van der Waals surface area (Å²) in [5.74, 6) is 3.17. The molecule has 39 heavy (non-hydrogen) atoms. The maximum Gasteiger partial charge on any atom is 0.434 e. The van der Waals surface area contributed by atoms with Crippen molar-refractivity contribution in [1.82, 2.24) is 40.7 Å². The van der Waals surface area contributed by atoms with Gasteiger partial charge in [-0.05, 0) is 0 Å². The molecular formula is C25H53N9O5. The van der Waals surface area contributed by atoms with Crippen LogP contribution in [0.5, 0.6) is 0 Å². The highest BCUT2D eigenvalue weighted by molar-refractivity contribution is 5.05. The minimum absolute atomic E-state index is 0. The fourth-order valence-electron chi connectivity index (χ4n) is 1.83. The fraction of sp³-hybridized carbons (Fsp3) is 0.680. The minimum Gasteiger partial charge on any atom is -0.428 e. The number of rotatable bonds is 4. The Balaban J connectivity index is -0.000000126. The van der Waals surface area contributed by atoms with Gasteiger partial charge in [-0.15, -0.1) is 20.4 Å². The highest BCUT2D eigenvalue weighted by Crippen LogP contribution is 2.12. The number of nitrogens with two attached hydrogens (primary N) is 1. The second-order valence-electron chi connectivity index (χ2n) is 8.12. The number of H-pyrrole nitrogens is 1. The van der Waals surface area contributed by atoms with E-state index >= 15 is 0 Å². The SMILES string of the molecule is C.C.C.C.C.CC(C)c1n[nH]c(=O)o1.CC(C)c1ncon1.CC(C)c1nnc(N)o1.CC(C)c1nnco1. The summed E-state index contributed by atoms with van der Waals surface area (Å²) < 4.78 is 18.9. The van der Waals surface area contributed by atoms with Gasteiger partial charge >= 0.3 is 11.8 Å². The molecule has 4 aromatic rings. The van der Waals surface area contributed by atoms with Crippen LogP contribution < -0.4 is 11.5 Å². The van der Waals surface area contributed by atoms with Crippen LogP contribution in [-0.4, -0.2) is 40.7 Å². The van der Waals surface area contributed by atoms with Gasteiger partial charge in [0.2, 0.25) is 30.5 Å². The Morgan fingerprint density at radius 3 is 1.49 bits per heavy atom. The van der Waals surface area contributed by atoms with Crippen molar-refractivity contribution in [2.45, 2.75) is 116 Å². The van der Waals surface area contributed by atoms with Crippen LogP contribution in [-0.2, 0) is 0 Å². The van der Waals surface area contributed by atoms with E-state index < -0.39 is 5.76 Å². The largest absolute Gasteiger partial charge is 0.434 e. The molecule has 0 atom stereocenters. The molecule has 0 amide bonds. The fourth-order valence-corrected chi connectivity index (χ4v) is 1.83. The topological polar surface area (TPSA) is 202 Å². The monoisotopic (exact) mass is 559 g/mol. The van der Waals surface area contributed by atoms with Crippen molar-refractivity contribution < 1.29 is 17.8 Å². The average Bonchev–Trinajstić information content (AvgIpc) is 3.55. The van der Waals surface area contributed by atoms with E-state index in [4.69, 9.17) is 14.6 Å². The van der Waals surface area contributed by atoms with E-state index in [9.17, 15) is 4.79 Å². The molecule has 0 fully saturated rings. The molecule has 0 aliphatic carbocycles. The third-order valence-electron chi connectivity index (χ3n) is 3.66. The maximum atomic E-state index is 10.3. The van der Waals surface area contributed by atoms with Gasteiger partial charge < -0.3 is 23.5 Å². The van der Waals surface area contributed by atoms with Crippen molar-refractivity contribution in [1.29, 1.82) is 0 Å². The Morgan fingerprint density at radius 1 is 0.718 bits per heavy atom. The quantitative estimate of drug-likeness (QED) is 0.263. The molecule has 0 radical (unpaired) electrons. The molecular weight excluding hydrogens is 506 g/mol. The predicted octanol–water partition coefficient (Wildman–Crippen LogP) is 6.83. The third kappa shape index (κ3) is 18.1. The second kappa shape index (κ2) is 23.3. The number of hydrogen-bond donors (Lipinski definition) is 2. The lowest BCUT2D eigenvalue weighted by atomic mass is 10.2. The molecule has 0 bridgehead atoms. The first-order valence-corrected chi connectivity index (χ1v) is 10.7. The van der Waals surface area contributed by atoms with Crippen molar-refractivity contribution in [3.63, 3.8) is 0 Å². The smallest absolute Gasteiger partial charge is 0.428 e. The van der Waals surface area contributed by atoms with Crippen molar-refractivity contribution >= 4 is 6.01 Å². The zero-order valence-electron chi connectivity index (χ0n) is 20.7. The van der Waals surface area contributed by atoms with Gasteiger partial charge in [-0.25, -0.2) is 9.89 Å². The van der Waals surface area contributed by atoms with Gasteiger partial charge in [0.05, 0.1) is 0 Å². The minimum atomic E-state index is -0.487. The predicted molar refractivity (Wildman–Crippen MR) is 154 cm³/mol. The van der Waals surface area contributed by atoms with E-state index in [0.29, 0.717) is 29.5 Å². The zero-order valence-corrected chi connectivity index (χ0v) is 20.7. The number of anilines is 1. The highest BCUT2D eigenvalue weighted by atomic mass is 16.5. The molecule has 228 valence electrons. The molecule has 0 aromatic carbocycles. The molecule has 0 aliphatic rings. The summed E-state index contributed by atoms with van der Waals surface area (Å²) in [6.07, 6.45) is 2.69. The van der Waals surface area contributed by atoms with E-state index in [-0.39, 0.29) is 55.0 Å². The van der Waals surface area contributed by atoms with Crippen LogP contribution in [0, 0.1) is 0 Å². The zero-order chi connectivity index (χ0) is 25.7. The van der Waals surface area contributed by atoms with Gasteiger partial charge in [0.1, 0.15) is 0 Å². The lowest BCUT2D eigenvalue weighted by Crippen LogP contribution is -1.93. The molecule has 4 heterocycles. The van der Waals surface area contributed by atoms with Crippen LogP contribution in [0.3, 0.4) is 0 Å². The molecule has 14 nitrogen and oxygen atoms in total. The van der Waals surface area contributed by atoms with E-state index in [1.54, 1.807) is 0 Å². The molecule has 0 unspecified atom stereocenters. The summed E-state index contributed by atoms with van der Waals surface area (Å²) in [5, 5.41) is 23.8. The molecule has 0 spiro atoms. The molecule has 0 aliphatic heterocycles. The van der Waals surface area contributed by atoms with Gasteiger partial charge in [0.15, 0.2) is 5.82 Å². The van der Waals surface area contributed by atoms with E-state index in [2.05, 4.69) is 49.7 Å². The average molecular weight is 560 g/mol. The maximum absolute atomic E-state index is 10.3. The molecule has 4 rings (SSSR count). The number of nitrogens with zero attached hydrogens (tertiary/aromatic N) is 7. The first-order chi connectivity index (χ1) is 16.0. The number of nitrogens with one attached hydrogen (secondary N) is 1. The van der Waals surface area contributed by atoms with Gasteiger partial charge in [0.25, 0.3) is 0 Å². The van der Waals surface area contributed by atoms with Crippen LogP contribution in [0.25, 0.3) is 0 Å². The first-order valence-electron chi connectivity index (χ1n) is 10.7.